The van der Waals surface area contributed by atoms with Gasteiger partial charge in [0.1, 0.15) is 17.0 Å². The molecule has 0 bridgehead atoms. The summed E-state index contributed by atoms with van der Waals surface area (Å²) >= 11 is 0. The van der Waals surface area contributed by atoms with Crippen LogP contribution in [0.5, 0.6) is 0 Å². The average Bonchev–Trinajstić information content (AvgIpc) is 2.74. The van der Waals surface area contributed by atoms with Gasteiger partial charge in [0.05, 0.1) is 0 Å². The lowest BCUT2D eigenvalue weighted by Gasteiger charge is -2.09. The van der Waals surface area contributed by atoms with Crippen molar-refractivity contribution in [3.63, 3.8) is 0 Å². The molecule has 0 radical (unpaired) electrons. The Bertz CT molecular complexity index is 1000. The van der Waals surface area contributed by atoms with Crippen LogP contribution < -0.4 is 5.63 Å². The molecule has 0 aliphatic heterocycles. The monoisotopic (exact) mass is 408 g/mol. The highest BCUT2D eigenvalue weighted by atomic mass is 19.1. The number of aryl methyl sites for hydroxylation is 2. The molecular formula is C27H33FO2. The maximum atomic E-state index is 15.1. The number of halogens is 1. The molecule has 2 nitrogen and oxygen atoms in total. The first-order valence-electron chi connectivity index (χ1n) is 11.5. The van der Waals surface area contributed by atoms with Gasteiger partial charge in [-0.3, -0.25) is 0 Å². The minimum absolute atomic E-state index is 0.0412. The third kappa shape index (κ3) is 5.59. The van der Waals surface area contributed by atoms with Gasteiger partial charge in [0, 0.05) is 12.0 Å². The Balaban J connectivity index is 1.68. The lowest BCUT2D eigenvalue weighted by molar-refractivity contribution is 0.462. The largest absolute Gasteiger partial charge is 0.427 e. The molecule has 30 heavy (non-hydrogen) atoms. The molecule has 1 aromatic heterocycles. The van der Waals surface area contributed by atoms with E-state index in [0.29, 0.717) is 23.1 Å². The molecule has 0 unspecified atom stereocenters. The minimum atomic E-state index is -0.592. The van der Waals surface area contributed by atoms with Crippen molar-refractivity contribution in [1.29, 1.82) is 0 Å². The van der Waals surface area contributed by atoms with E-state index in [0.717, 1.165) is 18.4 Å². The van der Waals surface area contributed by atoms with Gasteiger partial charge in [-0.1, -0.05) is 88.8 Å². The number of benzene rings is 2. The Morgan fingerprint density at radius 3 is 2.20 bits per heavy atom. The quantitative estimate of drug-likeness (QED) is 0.302. The highest BCUT2D eigenvalue weighted by Gasteiger charge is 2.14. The molecule has 3 rings (SSSR count). The topological polar surface area (TPSA) is 30.2 Å². The van der Waals surface area contributed by atoms with E-state index >= 15 is 4.39 Å². The highest BCUT2D eigenvalue weighted by Crippen LogP contribution is 2.28. The van der Waals surface area contributed by atoms with Gasteiger partial charge in [0.15, 0.2) is 0 Å². The van der Waals surface area contributed by atoms with Crippen LogP contribution in [-0.2, 0) is 12.8 Å². The number of hydrogen-bond donors (Lipinski definition) is 0. The summed E-state index contributed by atoms with van der Waals surface area (Å²) in [6, 6.07) is 13.4. The van der Waals surface area contributed by atoms with Crippen LogP contribution in [0.4, 0.5) is 4.39 Å². The van der Waals surface area contributed by atoms with Crippen molar-refractivity contribution in [2.45, 2.75) is 78.1 Å². The molecule has 1 heterocycles. The molecule has 3 aromatic rings. The molecule has 160 valence electrons. The fraction of sp³-hybridized carbons (Fsp3) is 0.444. The van der Waals surface area contributed by atoms with Crippen LogP contribution in [0.15, 0.2) is 51.7 Å². The number of fused-ring (bicyclic) bond motifs is 1. The van der Waals surface area contributed by atoms with E-state index < -0.39 is 11.4 Å². The maximum absolute atomic E-state index is 15.1. The van der Waals surface area contributed by atoms with Gasteiger partial charge < -0.3 is 4.42 Å². The summed E-state index contributed by atoms with van der Waals surface area (Å²) in [6.07, 6.45) is 11.7. The van der Waals surface area contributed by atoms with Crippen molar-refractivity contribution < 1.29 is 8.81 Å². The molecule has 0 saturated carbocycles. The van der Waals surface area contributed by atoms with E-state index in [1.807, 2.05) is 25.1 Å². The van der Waals surface area contributed by atoms with Crippen LogP contribution in [0.3, 0.4) is 0 Å². The lowest BCUT2D eigenvalue weighted by atomic mass is 9.98. The van der Waals surface area contributed by atoms with Gasteiger partial charge in [-0.15, -0.1) is 0 Å². The SMILES string of the molecule is CCCCCCCCCc1ccc(-c2ccc3cc(CCC)oc(=O)c3c2F)cc1. The summed E-state index contributed by atoms with van der Waals surface area (Å²) in [5, 5.41) is 0.644. The molecule has 0 aliphatic rings. The van der Waals surface area contributed by atoms with Gasteiger partial charge >= 0.3 is 5.63 Å². The van der Waals surface area contributed by atoms with Crippen molar-refractivity contribution in [3.05, 3.63) is 70.0 Å². The fourth-order valence-electron chi connectivity index (χ4n) is 4.02. The van der Waals surface area contributed by atoms with Crippen molar-refractivity contribution >= 4 is 10.8 Å². The number of unbranched alkanes of at least 4 members (excludes halogenated alkanes) is 6. The van der Waals surface area contributed by atoms with Crippen LogP contribution >= 0.6 is 0 Å². The first-order chi connectivity index (χ1) is 14.6. The maximum Gasteiger partial charge on any atom is 0.346 e. The average molecular weight is 409 g/mol. The fourth-order valence-corrected chi connectivity index (χ4v) is 4.02. The van der Waals surface area contributed by atoms with Gasteiger partial charge in [-0.2, -0.15) is 0 Å². The predicted octanol–water partition coefficient (Wildman–Crippen LogP) is 7.84. The summed E-state index contributed by atoms with van der Waals surface area (Å²) in [7, 11) is 0. The summed E-state index contributed by atoms with van der Waals surface area (Å²) in [5.74, 6) is 0.112. The van der Waals surface area contributed by atoms with E-state index in [9.17, 15) is 4.79 Å². The molecule has 0 spiro atoms. The van der Waals surface area contributed by atoms with Crippen LogP contribution in [0, 0.1) is 5.82 Å². The second-order valence-electron chi connectivity index (χ2n) is 8.21. The van der Waals surface area contributed by atoms with E-state index in [1.54, 1.807) is 12.1 Å². The molecule has 0 amide bonds. The Labute approximate surface area is 179 Å². The van der Waals surface area contributed by atoms with E-state index in [2.05, 4.69) is 19.1 Å². The normalized spacial score (nSPS) is 11.3. The number of rotatable bonds is 11. The summed E-state index contributed by atoms with van der Waals surface area (Å²) in [6.45, 7) is 4.26. The molecule has 0 N–H and O–H groups in total. The predicted molar refractivity (Wildman–Crippen MR) is 124 cm³/mol. The van der Waals surface area contributed by atoms with Crippen LogP contribution in [0.25, 0.3) is 21.9 Å². The molecule has 0 aliphatic carbocycles. The van der Waals surface area contributed by atoms with E-state index in [4.69, 9.17) is 4.42 Å². The van der Waals surface area contributed by atoms with Gasteiger partial charge in [-0.05, 0) is 41.8 Å². The smallest absolute Gasteiger partial charge is 0.346 e. The van der Waals surface area contributed by atoms with Crippen LogP contribution in [0.1, 0.15) is 76.5 Å². The Morgan fingerprint density at radius 2 is 1.50 bits per heavy atom. The van der Waals surface area contributed by atoms with Crippen LogP contribution in [0.2, 0.25) is 0 Å². The summed E-state index contributed by atoms with van der Waals surface area (Å²) in [4.78, 5) is 12.4. The summed E-state index contributed by atoms with van der Waals surface area (Å²) < 4.78 is 20.5. The minimum Gasteiger partial charge on any atom is -0.427 e. The lowest BCUT2D eigenvalue weighted by Crippen LogP contribution is -2.05. The molecule has 3 heteroatoms. The molecular weight excluding hydrogens is 375 g/mol. The van der Waals surface area contributed by atoms with E-state index in [1.165, 1.54) is 50.5 Å². The van der Waals surface area contributed by atoms with Gasteiger partial charge in [0.25, 0.3) is 0 Å². The van der Waals surface area contributed by atoms with Gasteiger partial charge in [0.2, 0.25) is 0 Å². The molecule has 0 saturated heterocycles. The van der Waals surface area contributed by atoms with E-state index in [-0.39, 0.29) is 5.39 Å². The molecule has 0 atom stereocenters. The first kappa shape index (κ1) is 22.3. The molecule has 2 aromatic carbocycles. The van der Waals surface area contributed by atoms with Crippen molar-refractivity contribution in [1.82, 2.24) is 0 Å². The zero-order valence-electron chi connectivity index (χ0n) is 18.3. The van der Waals surface area contributed by atoms with Crippen molar-refractivity contribution in [3.8, 4) is 11.1 Å². The Morgan fingerprint density at radius 1 is 0.800 bits per heavy atom. The van der Waals surface area contributed by atoms with Crippen molar-refractivity contribution in [2.75, 3.05) is 0 Å². The van der Waals surface area contributed by atoms with Crippen LogP contribution in [-0.4, -0.2) is 0 Å². The summed E-state index contributed by atoms with van der Waals surface area (Å²) in [5.41, 5.74) is 1.92. The van der Waals surface area contributed by atoms with Crippen molar-refractivity contribution in [2.24, 2.45) is 0 Å². The molecule has 0 fully saturated rings. The Hall–Kier alpha value is -2.42. The second kappa shape index (κ2) is 11.1. The number of hydrogen-bond acceptors (Lipinski definition) is 2. The third-order valence-corrected chi connectivity index (χ3v) is 5.75. The Kier molecular flexibility index (Phi) is 8.24. The highest BCUT2D eigenvalue weighted by molar-refractivity contribution is 5.87. The zero-order valence-corrected chi connectivity index (χ0v) is 18.3. The first-order valence-corrected chi connectivity index (χ1v) is 11.5. The standard InChI is InChI=1S/C27H33FO2/c1-3-5-6-7-8-9-10-12-20-13-15-21(16-14-20)24-18-17-22-19-23(11-4-2)30-27(29)25(22)26(24)28/h13-19H,3-12H2,1-2H3. The zero-order chi connectivity index (χ0) is 21.3. The third-order valence-electron chi connectivity index (χ3n) is 5.75. The van der Waals surface area contributed by atoms with Gasteiger partial charge in [-0.25, -0.2) is 9.18 Å². The second-order valence-corrected chi connectivity index (χ2v) is 8.21.